The summed E-state index contributed by atoms with van der Waals surface area (Å²) in [6.07, 6.45) is 2.03. The first-order chi connectivity index (χ1) is 17.4. The zero-order chi connectivity index (χ0) is 24.9. The third-order valence-corrected chi connectivity index (χ3v) is 9.22. The number of nitrogens with zero attached hydrogens (tertiary/aromatic N) is 2. The van der Waals surface area contributed by atoms with Gasteiger partial charge in [-0.05, 0) is 54.4 Å². The van der Waals surface area contributed by atoms with Gasteiger partial charge in [0.1, 0.15) is 0 Å². The van der Waals surface area contributed by atoms with Crippen LogP contribution in [-0.2, 0) is 0 Å². The summed E-state index contributed by atoms with van der Waals surface area (Å²) in [4.78, 5) is 4.91. The smallest absolute Gasteiger partial charge is 0.0775 e. The molecule has 0 aliphatic rings. The number of rotatable bonds is 4. The normalized spacial score (nSPS) is 11.9. The minimum Gasteiger partial charge on any atom is -0.309 e. The van der Waals surface area contributed by atoms with E-state index in [1.165, 1.54) is 49.4 Å². The van der Waals surface area contributed by atoms with Gasteiger partial charge in [0.2, 0.25) is 0 Å². The Hall–Kier alpha value is -3.95. The topological polar surface area (TPSA) is 17.8 Å². The highest BCUT2D eigenvalue weighted by molar-refractivity contribution is 6.88. The van der Waals surface area contributed by atoms with Gasteiger partial charge in [0, 0.05) is 33.8 Å². The summed E-state index contributed by atoms with van der Waals surface area (Å²) in [6.45, 7) is 9.35. The molecule has 0 unspecified atom stereocenters. The molecule has 36 heavy (non-hydrogen) atoms. The van der Waals surface area contributed by atoms with E-state index in [4.69, 9.17) is 4.98 Å². The van der Waals surface area contributed by atoms with Gasteiger partial charge < -0.3 is 4.57 Å². The molecule has 0 N–H and O–H groups in total. The van der Waals surface area contributed by atoms with Gasteiger partial charge in [0.25, 0.3) is 0 Å². The molecule has 3 heteroatoms. The highest BCUT2D eigenvalue weighted by atomic mass is 28.3. The Morgan fingerprint density at radius 1 is 0.639 bits per heavy atom. The average Bonchev–Trinajstić information content (AvgIpc) is 3.22. The summed E-state index contributed by atoms with van der Waals surface area (Å²) < 4.78 is 2.35. The Morgan fingerprint density at radius 3 is 2.03 bits per heavy atom. The molecule has 6 rings (SSSR count). The van der Waals surface area contributed by atoms with Crippen molar-refractivity contribution in [2.24, 2.45) is 0 Å². The Labute approximate surface area is 213 Å². The van der Waals surface area contributed by atoms with Gasteiger partial charge in [-0.2, -0.15) is 0 Å². The molecular formula is C33H30N2Si. The first-order valence-corrected chi connectivity index (χ1v) is 16.1. The number of aromatic nitrogens is 2. The van der Waals surface area contributed by atoms with E-state index in [2.05, 4.69) is 134 Å². The molecule has 4 aromatic carbocycles. The Morgan fingerprint density at radius 2 is 1.31 bits per heavy atom. The predicted octanol–water partition coefficient (Wildman–Crippen LogP) is 8.37. The molecule has 0 amide bonds. The van der Waals surface area contributed by atoms with Crippen LogP contribution < -0.4 is 5.19 Å². The van der Waals surface area contributed by atoms with Gasteiger partial charge in [0.05, 0.1) is 24.8 Å². The summed E-state index contributed by atoms with van der Waals surface area (Å²) in [5.41, 5.74) is 9.43. The molecule has 0 bridgehead atoms. The van der Waals surface area contributed by atoms with Crippen molar-refractivity contribution < 1.29 is 0 Å². The summed E-state index contributed by atoms with van der Waals surface area (Å²) >= 11 is 0. The number of benzene rings is 4. The lowest BCUT2D eigenvalue weighted by Gasteiger charge is -2.17. The number of fused-ring (bicyclic) bond motifs is 3. The molecule has 2 heterocycles. The van der Waals surface area contributed by atoms with Crippen LogP contribution in [0.25, 0.3) is 49.9 Å². The first kappa shape index (κ1) is 22.5. The van der Waals surface area contributed by atoms with Gasteiger partial charge in [-0.25, -0.2) is 0 Å². The minimum atomic E-state index is -1.30. The highest BCUT2D eigenvalue weighted by Crippen LogP contribution is 2.35. The van der Waals surface area contributed by atoms with Gasteiger partial charge in [-0.3, -0.25) is 4.98 Å². The zero-order valence-corrected chi connectivity index (χ0v) is 22.3. The monoisotopic (exact) mass is 482 g/mol. The zero-order valence-electron chi connectivity index (χ0n) is 21.3. The van der Waals surface area contributed by atoms with E-state index in [1.807, 2.05) is 6.20 Å². The van der Waals surface area contributed by atoms with Crippen LogP contribution in [0, 0.1) is 6.92 Å². The number of para-hydroxylation sites is 2. The molecule has 0 saturated carbocycles. The molecule has 0 atom stereocenters. The predicted molar refractivity (Wildman–Crippen MR) is 157 cm³/mol. The van der Waals surface area contributed by atoms with E-state index in [0.29, 0.717) is 0 Å². The van der Waals surface area contributed by atoms with Crippen molar-refractivity contribution in [3.63, 3.8) is 0 Å². The lowest BCUT2D eigenvalue weighted by molar-refractivity contribution is 1.18. The standard InChI is InChI=1S/C33H30N2Si/c1-23-20-31(34-22-30(23)24-14-17-27(18-15-24)36(2,3)4)25-16-19-33-29(21-25)28-12-8-9-13-32(28)35(33)26-10-6-5-7-11-26/h5-22H,1-4H3. The first-order valence-electron chi connectivity index (χ1n) is 12.6. The SMILES string of the molecule is Cc1cc(-c2ccc3c(c2)c2ccccc2n3-c2ccccc2)ncc1-c1ccc([Si](C)(C)C)cc1. The second-order valence-electron chi connectivity index (χ2n) is 10.6. The van der Waals surface area contributed by atoms with Crippen LogP contribution in [0.15, 0.2) is 109 Å². The molecule has 0 radical (unpaired) electrons. The summed E-state index contributed by atoms with van der Waals surface area (Å²) in [5, 5.41) is 3.99. The van der Waals surface area contributed by atoms with E-state index in [9.17, 15) is 0 Å². The molecular weight excluding hydrogens is 452 g/mol. The second-order valence-corrected chi connectivity index (χ2v) is 15.7. The van der Waals surface area contributed by atoms with E-state index in [-0.39, 0.29) is 0 Å². The van der Waals surface area contributed by atoms with E-state index >= 15 is 0 Å². The number of hydrogen-bond donors (Lipinski definition) is 0. The highest BCUT2D eigenvalue weighted by Gasteiger charge is 2.17. The fourth-order valence-corrected chi connectivity index (χ4v) is 6.32. The minimum absolute atomic E-state index is 1.01. The molecule has 0 spiro atoms. The third-order valence-electron chi connectivity index (χ3n) is 7.16. The summed E-state index contributed by atoms with van der Waals surface area (Å²) in [7, 11) is -1.30. The lowest BCUT2D eigenvalue weighted by atomic mass is 10.00. The van der Waals surface area contributed by atoms with Crippen molar-refractivity contribution in [3.05, 3.63) is 115 Å². The Kier molecular flexibility index (Phi) is 5.38. The number of pyridine rings is 1. The maximum atomic E-state index is 4.91. The third kappa shape index (κ3) is 3.86. The number of aryl methyl sites for hydroxylation is 1. The molecule has 2 nitrogen and oxygen atoms in total. The van der Waals surface area contributed by atoms with Gasteiger partial charge in [-0.15, -0.1) is 0 Å². The molecule has 0 saturated heterocycles. The molecule has 6 aromatic rings. The van der Waals surface area contributed by atoms with Crippen molar-refractivity contribution >= 4 is 35.1 Å². The quantitative estimate of drug-likeness (QED) is 0.231. The van der Waals surface area contributed by atoms with Crippen molar-refractivity contribution in [1.82, 2.24) is 9.55 Å². The lowest BCUT2D eigenvalue weighted by Crippen LogP contribution is -2.37. The molecule has 0 aliphatic heterocycles. The summed E-state index contributed by atoms with van der Waals surface area (Å²) in [5.74, 6) is 0. The van der Waals surface area contributed by atoms with Crippen LogP contribution in [0.5, 0.6) is 0 Å². The maximum absolute atomic E-state index is 4.91. The molecule has 2 aromatic heterocycles. The molecule has 176 valence electrons. The van der Waals surface area contributed by atoms with E-state index < -0.39 is 8.07 Å². The van der Waals surface area contributed by atoms with Gasteiger partial charge in [0.15, 0.2) is 0 Å². The Bertz CT molecular complexity index is 1710. The van der Waals surface area contributed by atoms with Gasteiger partial charge in [-0.1, -0.05) is 91.6 Å². The Balaban J connectivity index is 1.43. The van der Waals surface area contributed by atoms with Crippen LogP contribution in [0.3, 0.4) is 0 Å². The van der Waals surface area contributed by atoms with Crippen LogP contribution in [0.2, 0.25) is 19.6 Å². The number of hydrogen-bond acceptors (Lipinski definition) is 1. The van der Waals surface area contributed by atoms with E-state index in [1.54, 1.807) is 0 Å². The fourth-order valence-electron chi connectivity index (χ4n) is 5.15. The average molecular weight is 483 g/mol. The maximum Gasteiger partial charge on any atom is 0.0775 e. The molecule has 0 fully saturated rings. The van der Waals surface area contributed by atoms with Crippen molar-refractivity contribution in [2.45, 2.75) is 26.6 Å². The largest absolute Gasteiger partial charge is 0.309 e. The second kappa shape index (κ2) is 8.61. The van der Waals surface area contributed by atoms with Crippen molar-refractivity contribution in [2.75, 3.05) is 0 Å². The summed E-state index contributed by atoms with van der Waals surface area (Å²) in [6, 6.07) is 37.3. The fraction of sp³-hybridized carbons (Fsp3) is 0.121. The molecule has 0 aliphatic carbocycles. The van der Waals surface area contributed by atoms with Crippen LogP contribution in [0.4, 0.5) is 0 Å². The van der Waals surface area contributed by atoms with Crippen molar-refractivity contribution in [3.8, 4) is 28.1 Å². The van der Waals surface area contributed by atoms with Gasteiger partial charge >= 0.3 is 0 Å². The van der Waals surface area contributed by atoms with Crippen LogP contribution >= 0.6 is 0 Å². The van der Waals surface area contributed by atoms with Crippen molar-refractivity contribution in [1.29, 1.82) is 0 Å². The van der Waals surface area contributed by atoms with Crippen LogP contribution in [0.1, 0.15) is 5.56 Å². The van der Waals surface area contributed by atoms with E-state index in [0.717, 1.165) is 11.3 Å². The van der Waals surface area contributed by atoms with Crippen LogP contribution in [-0.4, -0.2) is 17.6 Å².